The Morgan fingerprint density at radius 2 is 1.78 bits per heavy atom. The molecule has 182 valence electrons. The third-order valence-electron chi connectivity index (χ3n) is 7.79. The highest BCUT2D eigenvalue weighted by Gasteiger charge is 2.57. The number of benzene rings is 3. The standard InChI is InChI=1S/C26H19NO3S.C4H8O/c1-27-20-7-4-6-17(18-13-31-23-8-3-2-5-16(18)23)24(20)26(25(27)28)14-30-22-12-21-15(9-10-29-21)11-19(22)26;1-2-4-5-3-1/h2-8,11-13H,9-10,14H2,1H3;1-4H2. The molecule has 1 spiro atoms. The van der Waals surface area contributed by atoms with Gasteiger partial charge < -0.3 is 19.1 Å². The van der Waals surface area contributed by atoms with E-state index in [-0.39, 0.29) is 5.91 Å². The fourth-order valence-corrected chi connectivity index (χ4v) is 6.96. The molecule has 5 heterocycles. The van der Waals surface area contributed by atoms with Crippen molar-refractivity contribution in [3.63, 3.8) is 0 Å². The van der Waals surface area contributed by atoms with Gasteiger partial charge in [0.15, 0.2) is 0 Å². The minimum atomic E-state index is -0.823. The fraction of sp³-hybridized carbons (Fsp3) is 0.300. The van der Waals surface area contributed by atoms with Crippen molar-refractivity contribution in [1.82, 2.24) is 0 Å². The van der Waals surface area contributed by atoms with E-state index in [0.29, 0.717) is 13.2 Å². The van der Waals surface area contributed by atoms with Gasteiger partial charge in [0, 0.05) is 65.2 Å². The monoisotopic (exact) mass is 497 g/mol. The quantitative estimate of drug-likeness (QED) is 0.326. The van der Waals surface area contributed by atoms with E-state index in [1.165, 1.54) is 28.5 Å². The van der Waals surface area contributed by atoms with Crippen LogP contribution in [0.1, 0.15) is 29.5 Å². The lowest BCUT2D eigenvalue weighted by atomic mass is 9.73. The van der Waals surface area contributed by atoms with Crippen molar-refractivity contribution in [2.24, 2.45) is 0 Å². The van der Waals surface area contributed by atoms with Gasteiger partial charge in [0.25, 0.3) is 0 Å². The molecule has 36 heavy (non-hydrogen) atoms. The third-order valence-corrected chi connectivity index (χ3v) is 8.76. The minimum absolute atomic E-state index is 0.0760. The Morgan fingerprint density at radius 3 is 2.61 bits per heavy atom. The van der Waals surface area contributed by atoms with Crippen LogP contribution in [0, 0.1) is 0 Å². The first-order valence-electron chi connectivity index (χ1n) is 12.6. The molecule has 1 fully saturated rings. The lowest BCUT2D eigenvalue weighted by Gasteiger charge is -2.23. The van der Waals surface area contributed by atoms with Crippen LogP contribution >= 0.6 is 11.3 Å². The van der Waals surface area contributed by atoms with Crippen molar-refractivity contribution in [1.29, 1.82) is 0 Å². The van der Waals surface area contributed by atoms with Crippen molar-refractivity contribution >= 4 is 33.0 Å². The largest absolute Gasteiger partial charge is 0.493 e. The molecule has 1 unspecified atom stereocenters. The molecule has 0 saturated carbocycles. The summed E-state index contributed by atoms with van der Waals surface area (Å²) >= 11 is 1.74. The SMILES string of the molecule is C1CCOC1.CN1C(=O)C2(COc3cc4c(cc32)CCO4)c2c(-c3csc4ccccc34)cccc21. The van der Waals surface area contributed by atoms with Gasteiger partial charge in [0.2, 0.25) is 5.91 Å². The summed E-state index contributed by atoms with van der Waals surface area (Å²) in [6.45, 7) is 3.00. The molecular weight excluding hydrogens is 470 g/mol. The molecule has 4 aliphatic rings. The first-order valence-corrected chi connectivity index (χ1v) is 13.5. The molecule has 6 heteroatoms. The lowest BCUT2D eigenvalue weighted by Crippen LogP contribution is -2.41. The van der Waals surface area contributed by atoms with E-state index in [2.05, 4.69) is 53.9 Å². The number of carbonyl (C=O) groups is 1. The number of ether oxygens (including phenoxy) is 3. The maximum Gasteiger partial charge on any atom is 0.245 e. The van der Waals surface area contributed by atoms with Gasteiger partial charge >= 0.3 is 0 Å². The molecule has 0 aliphatic carbocycles. The molecular formula is C30H27NO4S. The summed E-state index contributed by atoms with van der Waals surface area (Å²) in [5.41, 5.74) is 5.62. The van der Waals surface area contributed by atoms with Crippen LogP contribution in [0.4, 0.5) is 5.69 Å². The van der Waals surface area contributed by atoms with Crippen LogP contribution in [0.15, 0.2) is 60.0 Å². The number of anilines is 1. The topological polar surface area (TPSA) is 48.0 Å². The summed E-state index contributed by atoms with van der Waals surface area (Å²) in [6, 6.07) is 18.8. The van der Waals surface area contributed by atoms with Crippen LogP contribution in [0.25, 0.3) is 21.2 Å². The number of amides is 1. The van der Waals surface area contributed by atoms with Crippen molar-refractivity contribution in [3.05, 3.63) is 76.7 Å². The second-order valence-corrected chi connectivity index (χ2v) is 10.7. The second kappa shape index (κ2) is 8.36. The van der Waals surface area contributed by atoms with Gasteiger partial charge in [0.1, 0.15) is 23.5 Å². The van der Waals surface area contributed by atoms with Crippen LogP contribution in [0.2, 0.25) is 0 Å². The first kappa shape index (κ1) is 21.9. The molecule has 1 atom stereocenters. The predicted octanol–water partition coefficient (Wildman–Crippen LogP) is 5.95. The molecule has 4 aliphatic heterocycles. The number of carbonyl (C=O) groups excluding carboxylic acids is 1. The summed E-state index contributed by atoms with van der Waals surface area (Å²) in [5, 5.41) is 3.43. The minimum Gasteiger partial charge on any atom is -0.493 e. The summed E-state index contributed by atoms with van der Waals surface area (Å²) in [4.78, 5) is 15.7. The zero-order valence-corrected chi connectivity index (χ0v) is 21.0. The van der Waals surface area contributed by atoms with Crippen molar-refractivity contribution in [3.8, 4) is 22.6 Å². The van der Waals surface area contributed by atoms with E-state index >= 15 is 0 Å². The highest BCUT2D eigenvalue weighted by atomic mass is 32.1. The average Bonchev–Trinajstić information content (AvgIpc) is 3.74. The van der Waals surface area contributed by atoms with Gasteiger partial charge in [-0.05, 0) is 47.5 Å². The molecule has 4 aromatic rings. The summed E-state index contributed by atoms with van der Waals surface area (Å²) in [6.07, 6.45) is 3.42. The zero-order chi connectivity index (χ0) is 24.3. The van der Waals surface area contributed by atoms with E-state index in [9.17, 15) is 4.79 Å². The van der Waals surface area contributed by atoms with E-state index in [4.69, 9.17) is 14.2 Å². The molecule has 1 aromatic heterocycles. The highest BCUT2D eigenvalue weighted by molar-refractivity contribution is 7.17. The summed E-state index contributed by atoms with van der Waals surface area (Å²) in [7, 11) is 1.87. The zero-order valence-electron chi connectivity index (χ0n) is 20.2. The number of rotatable bonds is 1. The molecule has 8 rings (SSSR count). The van der Waals surface area contributed by atoms with Gasteiger partial charge in [-0.1, -0.05) is 30.3 Å². The Kier molecular flexibility index (Phi) is 5.08. The Hall–Kier alpha value is -3.35. The third kappa shape index (κ3) is 3.07. The van der Waals surface area contributed by atoms with Crippen LogP contribution in [-0.4, -0.2) is 39.4 Å². The number of thiophene rings is 1. The van der Waals surface area contributed by atoms with Gasteiger partial charge in [-0.15, -0.1) is 11.3 Å². The number of fused-ring (bicyclic) bond motifs is 6. The predicted molar refractivity (Wildman–Crippen MR) is 143 cm³/mol. The Bertz CT molecular complexity index is 1500. The first-order chi connectivity index (χ1) is 17.7. The van der Waals surface area contributed by atoms with Gasteiger partial charge in [-0.3, -0.25) is 4.79 Å². The molecule has 0 radical (unpaired) electrons. The number of nitrogens with zero attached hydrogens (tertiary/aromatic N) is 1. The van der Waals surface area contributed by atoms with Crippen LogP contribution in [0.3, 0.4) is 0 Å². The maximum atomic E-state index is 13.9. The van der Waals surface area contributed by atoms with Crippen molar-refractivity contribution in [2.45, 2.75) is 24.7 Å². The molecule has 5 nitrogen and oxygen atoms in total. The molecule has 3 aromatic carbocycles. The molecule has 1 amide bonds. The van der Waals surface area contributed by atoms with Gasteiger partial charge in [-0.25, -0.2) is 0 Å². The average molecular weight is 498 g/mol. The highest BCUT2D eigenvalue weighted by Crippen LogP contribution is 2.56. The summed E-state index contributed by atoms with van der Waals surface area (Å²) in [5.74, 6) is 1.72. The molecule has 0 bridgehead atoms. The maximum absolute atomic E-state index is 13.9. The number of hydrogen-bond donors (Lipinski definition) is 0. The van der Waals surface area contributed by atoms with E-state index in [1.807, 2.05) is 13.1 Å². The van der Waals surface area contributed by atoms with Crippen LogP contribution < -0.4 is 14.4 Å². The smallest absolute Gasteiger partial charge is 0.245 e. The van der Waals surface area contributed by atoms with Crippen molar-refractivity contribution < 1.29 is 19.0 Å². The fourth-order valence-electron chi connectivity index (χ4n) is 6.00. The van der Waals surface area contributed by atoms with Gasteiger partial charge in [0.05, 0.1) is 6.61 Å². The lowest BCUT2D eigenvalue weighted by molar-refractivity contribution is -0.121. The van der Waals surface area contributed by atoms with Crippen LogP contribution in [-0.2, 0) is 21.4 Å². The van der Waals surface area contributed by atoms with E-state index in [1.54, 1.807) is 16.2 Å². The normalized spacial score (nSPS) is 21.1. The summed E-state index contributed by atoms with van der Waals surface area (Å²) < 4.78 is 18.1. The molecule has 1 saturated heterocycles. The second-order valence-electron chi connectivity index (χ2n) is 9.78. The Balaban J connectivity index is 0.000000397. The number of likely N-dealkylation sites (N-methyl/N-ethyl adjacent to an activating group) is 1. The Labute approximate surface area is 214 Å². The molecule has 0 N–H and O–H groups in total. The van der Waals surface area contributed by atoms with Crippen LogP contribution in [0.5, 0.6) is 11.5 Å². The Morgan fingerprint density at radius 1 is 0.917 bits per heavy atom. The van der Waals surface area contributed by atoms with E-state index in [0.717, 1.165) is 59.1 Å². The van der Waals surface area contributed by atoms with E-state index < -0.39 is 5.41 Å². The van der Waals surface area contributed by atoms with Crippen molar-refractivity contribution in [2.75, 3.05) is 38.4 Å². The van der Waals surface area contributed by atoms with Gasteiger partial charge in [-0.2, -0.15) is 0 Å². The number of hydrogen-bond acceptors (Lipinski definition) is 5.